The molecule has 1 aromatic heterocycles. The van der Waals surface area contributed by atoms with E-state index in [1.807, 2.05) is 0 Å². The van der Waals surface area contributed by atoms with Gasteiger partial charge in [0, 0.05) is 51.9 Å². The van der Waals surface area contributed by atoms with Crippen LogP contribution in [0.15, 0.2) is 34.6 Å². The van der Waals surface area contributed by atoms with Gasteiger partial charge in [0.25, 0.3) is 11.6 Å². The molecule has 56 heavy (non-hydrogen) atoms. The van der Waals surface area contributed by atoms with Crippen molar-refractivity contribution in [1.29, 1.82) is 0 Å². The molecule has 2 fully saturated rings. The number of amides is 7. The Morgan fingerprint density at radius 3 is 2.36 bits per heavy atom. The summed E-state index contributed by atoms with van der Waals surface area (Å²) in [4.78, 5) is 118. The summed E-state index contributed by atoms with van der Waals surface area (Å²) in [5.74, 6) is -9.58. The fourth-order valence-corrected chi connectivity index (χ4v) is 8.68. The smallest absolute Gasteiger partial charge is 0.614 e. The van der Waals surface area contributed by atoms with Crippen LogP contribution in [0.1, 0.15) is 32.4 Å². The quantitative estimate of drug-likeness (QED) is 0.0194. The third kappa shape index (κ3) is 8.51. The van der Waals surface area contributed by atoms with Gasteiger partial charge >= 0.3 is 59.3 Å². The van der Waals surface area contributed by atoms with Gasteiger partial charge in [-0.05, 0) is 46.2 Å². The summed E-state index contributed by atoms with van der Waals surface area (Å²) in [7, 11) is 1.53. The number of thioether (sulfide) groups is 1. The second-order valence-electron chi connectivity index (χ2n) is 11.8. The van der Waals surface area contributed by atoms with Crippen LogP contribution in [-0.2, 0) is 56.6 Å². The number of piperazine rings is 1. The van der Waals surface area contributed by atoms with Crippen molar-refractivity contribution < 1.29 is 91.8 Å². The van der Waals surface area contributed by atoms with Gasteiger partial charge in [-0.25, -0.2) is 9.48 Å². The maximum atomic E-state index is 14.3. The van der Waals surface area contributed by atoms with E-state index in [0.717, 1.165) is 43.8 Å². The molecule has 0 aliphatic carbocycles. The number of carbonyl (C=O) groups is 9. The molecular formula is C30H31N10NaO13S2. The van der Waals surface area contributed by atoms with Gasteiger partial charge in [0.15, 0.2) is 11.5 Å². The van der Waals surface area contributed by atoms with Crippen molar-refractivity contribution in [1.82, 2.24) is 50.9 Å². The van der Waals surface area contributed by atoms with Gasteiger partial charge in [-0.15, -0.1) is 5.10 Å². The molecule has 3 aliphatic heterocycles. The van der Waals surface area contributed by atoms with E-state index in [2.05, 4.69) is 31.5 Å². The molecule has 2 saturated heterocycles. The van der Waals surface area contributed by atoms with Crippen LogP contribution in [0.5, 0.6) is 11.5 Å². The summed E-state index contributed by atoms with van der Waals surface area (Å²) in [6.45, 7) is 3.56. The van der Waals surface area contributed by atoms with E-state index >= 15 is 0 Å². The first kappa shape index (κ1) is 43.6. The Kier molecular flexibility index (Phi) is 13.9. The largest absolute Gasteiger partial charge is 1.00 e. The second kappa shape index (κ2) is 17.8. The summed E-state index contributed by atoms with van der Waals surface area (Å²) in [6.07, 6.45) is -0.000651. The number of fused-ring (bicyclic) bond motifs is 1. The number of nitrogens with zero attached hydrogens (tertiary/aromatic N) is 7. The molecule has 0 radical (unpaired) electrons. The van der Waals surface area contributed by atoms with Crippen molar-refractivity contribution in [3.05, 3.63) is 35.0 Å². The molecule has 1 aromatic carbocycles. The number of β-lactam (4-membered cyclic amide) rings is 1. The minimum atomic E-state index is -2.56. The van der Waals surface area contributed by atoms with Crippen LogP contribution in [-0.4, -0.2) is 136 Å². The molecule has 0 spiro atoms. The van der Waals surface area contributed by atoms with Crippen molar-refractivity contribution >= 4 is 76.9 Å². The third-order valence-corrected chi connectivity index (χ3v) is 11.1. The summed E-state index contributed by atoms with van der Waals surface area (Å²) in [5.41, 5.74) is -3.44. The third-order valence-electron chi connectivity index (χ3n) is 8.33. The number of aryl methyl sites for hydroxylation is 1. The number of tetrazole rings is 1. The Balaban J connectivity index is 0.00000696. The number of esters is 2. The number of benzene rings is 1. The maximum Gasteiger partial charge on any atom is 1.00 e. The molecule has 292 valence electrons. The Hall–Kier alpha value is -5.08. The van der Waals surface area contributed by atoms with Crippen LogP contribution in [0.2, 0.25) is 0 Å². The van der Waals surface area contributed by atoms with Crippen LogP contribution >= 0.6 is 11.8 Å². The summed E-state index contributed by atoms with van der Waals surface area (Å²) in [6, 6.07) is 0.0734. The normalized spacial score (nSPS) is 20.9. The number of hydrogen-bond donors (Lipinski definition) is 3. The zero-order chi connectivity index (χ0) is 40.4. The number of rotatable bonds is 13. The van der Waals surface area contributed by atoms with Crippen LogP contribution in [0, 0.1) is 0 Å². The van der Waals surface area contributed by atoms with E-state index in [0.29, 0.717) is 9.80 Å². The van der Waals surface area contributed by atoms with Crippen LogP contribution in [0.3, 0.4) is 0 Å². The van der Waals surface area contributed by atoms with Crippen molar-refractivity contribution in [3.63, 3.8) is 0 Å². The molecular weight excluding hydrogens is 796 g/mol. The van der Waals surface area contributed by atoms with Gasteiger partial charge in [0.1, 0.15) is 11.8 Å². The maximum absolute atomic E-state index is 14.3. The number of ether oxygens (including phenoxy) is 2. The fraction of sp³-hybridized carbons (Fsp3) is 0.400. The first-order chi connectivity index (χ1) is 26.0. The van der Waals surface area contributed by atoms with Gasteiger partial charge in [-0.1, -0.05) is 17.8 Å². The summed E-state index contributed by atoms with van der Waals surface area (Å²) in [5, 5.41) is 28.6. The number of carboxylic acids is 1. The van der Waals surface area contributed by atoms with Gasteiger partial charge in [0.05, 0.1) is 11.7 Å². The number of aliphatic carboxylic acids is 1. The topological polar surface area (TPSA) is 308 Å². The van der Waals surface area contributed by atoms with Crippen molar-refractivity contribution in [3.8, 4) is 11.5 Å². The number of nitrogens with one attached hydrogen (secondary N) is 3. The molecule has 7 amide bonds. The first-order valence-corrected chi connectivity index (χ1v) is 18.4. The van der Waals surface area contributed by atoms with Gasteiger partial charge in [-0.2, -0.15) is 0 Å². The molecule has 23 nitrogen and oxygen atoms in total. The van der Waals surface area contributed by atoms with E-state index < -0.39 is 93.0 Å². The Bertz CT molecular complexity index is 2030. The number of urea groups is 1. The standard InChI is InChI=1S/C30H32N10O13S2.Na/c1-5-38-8-9-39(24(46)23(38)45)28(50)32-20(16-6-7-18(52-14(2)42)19(10-16)53-15(3)43)22(44)33-30(31-13-41)26(49)40-21(25(47)48)17(12-55(51)27(30)40)11-54-29-34-35-36-37(29)4;/h6-7,10,13,20,27H,5,8-9,11-12H2,1-4H3,(H,31,41)(H,32,50)(H,33,44)(H,47,48);/q;+1/p-1/t20?,27-,30+,55?;/m0./s1. The molecule has 26 heteroatoms. The molecule has 0 bridgehead atoms. The molecule has 4 atom stereocenters. The second-order valence-corrected chi connectivity index (χ2v) is 14.3. The average molecular weight is 827 g/mol. The Morgan fingerprint density at radius 1 is 1.09 bits per heavy atom. The number of imide groups is 1. The Morgan fingerprint density at radius 2 is 1.77 bits per heavy atom. The number of likely N-dealkylation sites (N-methyl/N-ethyl adjacent to an activating group) is 1. The van der Waals surface area contributed by atoms with Gasteiger partial charge in [0.2, 0.25) is 22.8 Å². The molecule has 3 N–H and O–H groups in total. The molecule has 0 saturated carbocycles. The van der Waals surface area contributed by atoms with Crippen LogP contribution in [0.4, 0.5) is 4.79 Å². The number of aromatic nitrogens is 4. The monoisotopic (exact) mass is 826 g/mol. The molecule has 3 aliphatic rings. The Labute approximate surface area is 345 Å². The molecule has 5 rings (SSSR count). The van der Waals surface area contributed by atoms with Crippen molar-refractivity contribution in [2.45, 2.75) is 43.0 Å². The summed E-state index contributed by atoms with van der Waals surface area (Å²) >= 11 is -1.23. The van der Waals surface area contributed by atoms with E-state index in [-0.39, 0.29) is 83.4 Å². The zero-order valence-corrected chi connectivity index (χ0v) is 33.9. The fourth-order valence-electron chi connectivity index (χ4n) is 5.89. The van der Waals surface area contributed by atoms with E-state index in [4.69, 9.17) is 9.47 Å². The molecule has 2 unspecified atom stereocenters. The number of carbonyl (C=O) groups excluding carboxylic acids is 9. The molecule has 4 heterocycles. The first-order valence-electron chi connectivity index (χ1n) is 16.0. The van der Waals surface area contributed by atoms with E-state index in [1.54, 1.807) is 6.92 Å². The SMILES string of the molecule is CCN1CCN(C(=O)NC(C(=O)N[C@]2(NC=O)C(=O)N3C(C(=O)[O-])=C(CSc4nnnn4C)C[S+]([O-])[C@H]32)c2ccc(OC(C)=O)c(OC(C)=O)c2)C(=O)C1=O.[Na+]. The molecule has 2 aromatic rings. The van der Waals surface area contributed by atoms with Crippen molar-refractivity contribution in [2.24, 2.45) is 7.05 Å². The van der Waals surface area contributed by atoms with E-state index in [9.17, 15) is 52.8 Å². The minimum Gasteiger partial charge on any atom is -0.614 e. The van der Waals surface area contributed by atoms with Crippen molar-refractivity contribution in [2.75, 3.05) is 31.1 Å². The predicted molar refractivity (Wildman–Crippen MR) is 180 cm³/mol. The summed E-state index contributed by atoms with van der Waals surface area (Å²) < 4.78 is 25.3. The van der Waals surface area contributed by atoms with Crippen LogP contribution < -0.4 is 60.1 Å². The van der Waals surface area contributed by atoms with Gasteiger partial charge < -0.3 is 44.8 Å². The number of carboxylic acid groups (broad SMARTS) is 1. The van der Waals surface area contributed by atoms with Gasteiger partial charge in [-0.3, -0.25) is 43.4 Å². The minimum absolute atomic E-state index is 0. The zero-order valence-electron chi connectivity index (χ0n) is 30.3. The average Bonchev–Trinajstić information content (AvgIpc) is 3.54. The van der Waals surface area contributed by atoms with E-state index in [1.165, 1.54) is 16.6 Å². The van der Waals surface area contributed by atoms with Crippen LogP contribution in [0.25, 0.3) is 0 Å². The number of hydrogen-bond acceptors (Lipinski definition) is 17. The predicted octanol–water partition coefficient (Wildman–Crippen LogP) is -7.21.